The smallest absolute Gasteiger partial charge is 0.164 e. The van der Waals surface area contributed by atoms with E-state index in [1.807, 2.05) is 36.4 Å². The first-order valence-electron chi connectivity index (χ1n) is 18.9. The molecule has 0 N–H and O–H groups in total. The van der Waals surface area contributed by atoms with E-state index >= 15 is 0 Å². The Hall–Kier alpha value is -7.43. The fraction of sp³-hybridized carbons (Fsp3) is 0.0192. The Morgan fingerprint density at radius 2 is 0.679 bits per heavy atom. The number of ether oxygens (including phenoxy) is 1. The third-order valence-electron chi connectivity index (χ3n) is 11.2. The van der Waals surface area contributed by atoms with Crippen LogP contribution in [0.1, 0.15) is 22.3 Å². The zero-order valence-electron chi connectivity index (χ0n) is 30.3. The summed E-state index contributed by atoms with van der Waals surface area (Å²) in [6, 6.07) is 70.2. The number of aromatic nitrogens is 3. The summed E-state index contributed by atoms with van der Waals surface area (Å²) in [6.07, 6.45) is 0. The third kappa shape index (κ3) is 4.96. The third-order valence-corrected chi connectivity index (χ3v) is 11.2. The molecule has 11 rings (SSSR count). The lowest BCUT2D eigenvalue weighted by molar-refractivity contribution is 0.437. The average Bonchev–Trinajstić information content (AvgIpc) is 3.57. The second-order valence-electron chi connectivity index (χ2n) is 14.3. The normalized spacial score (nSPS) is 12.9. The average molecular weight is 716 g/mol. The lowest BCUT2D eigenvalue weighted by Crippen LogP contribution is -2.32. The molecule has 1 aliphatic carbocycles. The molecule has 1 spiro atoms. The van der Waals surface area contributed by atoms with Gasteiger partial charge in [-0.2, -0.15) is 0 Å². The van der Waals surface area contributed by atoms with Crippen LogP contribution in [-0.2, 0) is 5.41 Å². The molecule has 0 saturated carbocycles. The van der Waals surface area contributed by atoms with Gasteiger partial charge in [0.25, 0.3) is 0 Å². The molecule has 2 aliphatic rings. The van der Waals surface area contributed by atoms with Crippen LogP contribution >= 0.6 is 0 Å². The molecule has 2 heterocycles. The molecule has 0 saturated heterocycles. The second kappa shape index (κ2) is 12.9. The van der Waals surface area contributed by atoms with Gasteiger partial charge in [-0.05, 0) is 56.6 Å². The largest absolute Gasteiger partial charge is 0.457 e. The van der Waals surface area contributed by atoms with Gasteiger partial charge in [0.2, 0.25) is 0 Å². The Morgan fingerprint density at radius 3 is 1.27 bits per heavy atom. The van der Waals surface area contributed by atoms with Gasteiger partial charge in [-0.15, -0.1) is 0 Å². The zero-order valence-corrected chi connectivity index (χ0v) is 30.3. The van der Waals surface area contributed by atoms with Gasteiger partial charge >= 0.3 is 0 Å². The molecule has 0 unspecified atom stereocenters. The summed E-state index contributed by atoms with van der Waals surface area (Å²) in [5, 5.41) is 0. The maximum Gasteiger partial charge on any atom is 0.164 e. The monoisotopic (exact) mass is 715 g/mol. The van der Waals surface area contributed by atoms with Crippen LogP contribution in [0.25, 0.3) is 67.5 Å². The summed E-state index contributed by atoms with van der Waals surface area (Å²) in [6.45, 7) is 0. The van der Waals surface area contributed by atoms with Gasteiger partial charge in [-0.25, -0.2) is 15.0 Å². The van der Waals surface area contributed by atoms with Gasteiger partial charge in [-0.1, -0.05) is 188 Å². The van der Waals surface area contributed by atoms with Gasteiger partial charge in [0.05, 0.1) is 5.41 Å². The fourth-order valence-electron chi connectivity index (χ4n) is 8.75. The highest BCUT2D eigenvalue weighted by Gasteiger charge is 2.52. The van der Waals surface area contributed by atoms with Crippen LogP contribution in [0.3, 0.4) is 0 Å². The Bertz CT molecular complexity index is 2880. The SMILES string of the molecule is c1ccc(-c2ccc(-c3nc(-c4ccccc4)nc(-c4ccc(-c5cccc6c5C5(c7ccccc7O6)c6ccccc6-c6ccccc65)cc4)n3)cc2)cc1. The lowest BCUT2D eigenvalue weighted by Gasteiger charge is -2.40. The highest BCUT2D eigenvalue weighted by molar-refractivity contribution is 5.91. The zero-order chi connectivity index (χ0) is 37.1. The summed E-state index contributed by atoms with van der Waals surface area (Å²) in [4.78, 5) is 15.1. The van der Waals surface area contributed by atoms with Crippen molar-refractivity contribution in [3.63, 3.8) is 0 Å². The predicted octanol–water partition coefficient (Wildman–Crippen LogP) is 12.7. The van der Waals surface area contributed by atoms with Gasteiger partial charge < -0.3 is 4.74 Å². The Kier molecular flexibility index (Phi) is 7.36. The van der Waals surface area contributed by atoms with Crippen molar-refractivity contribution in [2.45, 2.75) is 5.41 Å². The van der Waals surface area contributed by atoms with Crippen LogP contribution in [0.2, 0.25) is 0 Å². The summed E-state index contributed by atoms with van der Waals surface area (Å²) in [5.41, 5.74) is 14.1. The molecule has 4 nitrogen and oxygen atoms in total. The van der Waals surface area contributed by atoms with Crippen molar-refractivity contribution < 1.29 is 4.74 Å². The van der Waals surface area contributed by atoms with Gasteiger partial charge in [0.1, 0.15) is 11.5 Å². The van der Waals surface area contributed by atoms with Crippen molar-refractivity contribution in [3.05, 3.63) is 222 Å². The maximum atomic E-state index is 6.77. The minimum atomic E-state index is -0.559. The number of fused-ring (bicyclic) bond motifs is 9. The highest BCUT2D eigenvalue weighted by Crippen LogP contribution is 2.63. The molecule has 4 heteroatoms. The summed E-state index contributed by atoms with van der Waals surface area (Å²) in [7, 11) is 0. The summed E-state index contributed by atoms with van der Waals surface area (Å²) in [5.74, 6) is 3.63. The summed E-state index contributed by atoms with van der Waals surface area (Å²) < 4.78 is 6.77. The molecule has 0 fully saturated rings. The van der Waals surface area contributed by atoms with Crippen LogP contribution in [0, 0.1) is 0 Å². The first kappa shape index (κ1) is 32.0. The predicted molar refractivity (Wildman–Crippen MR) is 224 cm³/mol. The van der Waals surface area contributed by atoms with Crippen molar-refractivity contribution in [1.29, 1.82) is 0 Å². The van der Waals surface area contributed by atoms with E-state index in [0.29, 0.717) is 17.5 Å². The molecule has 0 radical (unpaired) electrons. The molecular formula is C52H33N3O. The van der Waals surface area contributed by atoms with E-state index in [1.54, 1.807) is 0 Å². The van der Waals surface area contributed by atoms with Crippen LogP contribution in [0.4, 0.5) is 0 Å². The van der Waals surface area contributed by atoms with Crippen LogP contribution in [0.5, 0.6) is 11.5 Å². The Balaban J connectivity index is 1.05. The number of hydrogen-bond acceptors (Lipinski definition) is 4. The number of hydrogen-bond donors (Lipinski definition) is 0. The van der Waals surface area contributed by atoms with E-state index in [2.05, 4.69) is 164 Å². The maximum absolute atomic E-state index is 6.77. The molecule has 1 aliphatic heterocycles. The summed E-state index contributed by atoms with van der Waals surface area (Å²) >= 11 is 0. The number of benzene rings is 8. The van der Waals surface area contributed by atoms with Crippen molar-refractivity contribution >= 4 is 0 Å². The first-order valence-corrected chi connectivity index (χ1v) is 18.9. The molecule has 0 amide bonds. The van der Waals surface area contributed by atoms with Crippen LogP contribution < -0.4 is 4.74 Å². The highest BCUT2D eigenvalue weighted by atomic mass is 16.5. The van der Waals surface area contributed by atoms with Crippen LogP contribution in [0.15, 0.2) is 200 Å². The van der Waals surface area contributed by atoms with E-state index in [9.17, 15) is 0 Å². The van der Waals surface area contributed by atoms with E-state index < -0.39 is 5.41 Å². The van der Waals surface area contributed by atoms with Crippen molar-refractivity contribution in [1.82, 2.24) is 15.0 Å². The molecule has 8 aromatic carbocycles. The van der Waals surface area contributed by atoms with Crippen molar-refractivity contribution in [3.8, 4) is 79.0 Å². The quantitative estimate of drug-likeness (QED) is 0.178. The topological polar surface area (TPSA) is 47.9 Å². The molecule has 262 valence electrons. The van der Waals surface area contributed by atoms with E-state index in [0.717, 1.165) is 56.0 Å². The molecule has 0 atom stereocenters. The molecule has 9 aromatic rings. The minimum Gasteiger partial charge on any atom is -0.457 e. The lowest BCUT2D eigenvalue weighted by atomic mass is 9.64. The number of nitrogens with zero attached hydrogens (tertiary/aromatic N) is 3. The number of rotatable bonds is 5. The molecule has 0 bridgehead atoms. The van der Waals surface area contributed by atoms with E-state index in [4.69, 9.17) is 19.7 Å². The minimum absolute atomic E-state index is 0.559. The Labute approximate surface area is 325 Å². The fourth-order valence-corrected chi connectivity index (χ4v) is 8.75. The standard InChI is InChI=1S/C52H33N3O/c1-3-14-34(15-4-1)35-26-30-38(31-27-35)50-53-49(37-16-5-2-6-17-37)54-51(55-50)39-32-28-36(29-33-39)40-20-13-25-47-48(40)52(45-23-11-12-24-46(45)56-47)43-21-9-7-18-41(43)42-19-8-10-22-44(42)52/h1-33H. The number of para-hydroxylation sites is 1. The molecular weight excluding hydrogens is 683 g/mol. The van der Waals surface area contributed by atoms with Crippen molar-refractivity contribution in [2.24, 2.45) is 0 Å². The van der Waals surface area contributed by atoms with Gasteiger partial charge in [0, 0.05) is 27.8 Å². The van der Waals surface area contributed by atoms with E-state index in [-0.39, 0.29) is 0 Å². The van der Waals surface area contributed by atoms with Gasteiger partial charge in [0.15, 0.2) is 17.5 Å². The van der Waals surface area contributed by atoms with Gasteiger partial charge in [-0.3, -0.25) is 0 Å². The first-order chi connectivity index (χ1) is 27.8. The van der Waals surface area contributed by atoms with E-state index in [1.165, 1.54) is 27.8 Å². The second-order valence-corrected chi connectivity index (χ2v) is 14.3. The molecule has 56 heavy (non-hydrogen) atoms. The van der Waals surface area contributed by atoms with Crippen molar-refractivity contribution in [2.75, 3.05) is 0 Å². The van der Waals surface area contributed by atoms with Crippen LogP contribution in [-0.4, -0.2) is 15.0 Å². The molecule has 1 aromatic heterocycles. The Morgan fingerprint density at radius 1 is 0.286 bits per heavy atom.